The molecule has 2 aromatic heterocycles. The van der Waals surface area contributed by atoms with Crippen molar-refractivity contribution in [3.8, 4) is 5.75 Å². The average molecular weight is 348 g/mol. The van der Waals surface area contributed by atoms with Gasteiger partial charge >= 0.3 is 0 Å². The maximum atomic E-state index is 11.9. The predicted octanol–water partition coefficient (Wildman–Crippen LogP) is 3.50. The molecule has 0 atom stereocenters. The zero-order chi connectivity index (χ0) is 18.0. The number of nitrogens with zero attached hydrogens (tertiary/aromatic N) is 2. The van der Waals surface area contributed by atoms with E-state index in [1.54, 1.807) is 24.7 Å². The first-order chi connectivity index (χ1) is 12.8. The Hall–Kier alpha value is -3.41. The Morgan fingerprint density at radius 3 is 2.54 bits per heavy atom. The highest BCUT2D eigenvalue weighted by Gasteiger charge is 2.04. The van der Waals surface area contributed by atoms with Gasteiger partial charge in [-0.15, -0.1) is 0 Å². The number of carbonyl (C=O) groups is 1. The molecular formula is C20H20N4O2. The van der Waals surface area contributed by atoms with E-state index >= 15 is 0 Å². The number of hydrogen-bond donors (Lipinski definition) is 2. The maximum absolute atomic E-state index is 11.9. The largest absolute Gasteiger partial charge is 0.493 e. The molecule has 0 unspecified atom stereocenters. The number of aromatic nitrogens is 2. The van der Waals surface area contributed by atoms with Crippen LogP contribution in [0.5, 0.6) is 5.75 Å². The second kappa shape index (κ2) is 9.17. The lowest BCUT2D eigenvalue weighted by Crippen LogP contribution is -2.16. The van der Waals surface area contributed by atoms with Crippen molar-refractivity contribution in [2.24, 2.45) is 0 Å². The van der Waals surface area contributed by atoms with Crippen LogP contribution < -0.4 is 15.4 Å². The summed E-state index contributed by atoms with van der Waals surface area (Å²) in [5.74, 6) is 1.14. The number of ether oxygens (including phenoxy) is 1. The molecule has 6 nitrogen and oxygen atoms in total. The van der Waals surface area contributed by atoms with Crippen molar-refractivity contribution in [1.82, 2.24) is 9.97 Å². The lowest BCUT2D eigenvalue weighted by molar-refractivity contribution is -0.116. The number of para-hydroxylation sites is 1. The fourth-order valence-corrected chi connectivity index (χ4v) is 2.26. The average Bonchev–Trinajstić information content (AvgIpc) is 2.69. The fourth-order valence-electron chi connectivity index (χ4n) is 2.26. The molecule has 2 heterocycles. The van der Waals surface area contributed by atoms with Gasteiger partial charge in [0.2, 0.25) is 5.91 Å². The zero-order valence-corrected chi connectivity index (χ0v) is 14.3. The number of nitrogens with one attached hydrogen (secondary N) is 2. The summed E-state index contributed by atoms with van der Waals surface area (Å²) in [5.41, 5.74) is 2.02. The van der Waals surface area contributed by atoms with Gasteiger partial charge in [0.25, 0.3) is 0 Å². The van der Waals surface area contributed by atoms with Gasteiger partial charge in [-0.05, 0) is 42.0 Å². The van der Waals surface area contributed by atoms with E-state index in [4.69, 9.17) is 4.74 Å². The van der Waals surface area contributed by atoms with Gasteiger partial charge in [0.05, 0.1) is 24.9 Å². The summed E-state index contributed by atoms with van der Waals surface area (Å²) in [6.07, 6.45) is 5.47. The minimum Gasteiger partial charge on any atom is -0.493 e. The van der Waals surface area contributed by atoms with Crippen molar-refractivity contribution in [1.29, 1.82) is 0 Å². The predicted molar refractivity (Wildman–Crippen MR) is 101 cm³/mol. The van der Waals surface area contributed by atoms with Gasteiger partial charge in [-0.2, -0.15) is 0 Å². The van der Waals surface area contributed by atoms with Crippen molar-refractivity contribution in [2.45, 2.75) is 13.0 Å². The molecule has 0 aliphatic rings. The summed E-state index contributed by atoms with van der Waals surface area (Å²) >= 11 is 0. The van der Waals surface area contributed by atoms with Crippen molar-refractivity contribution >= 4 is 17.4 Å². The van der Waals surface area contributed by atoms with Crippen molar-refractivity contribution < 1.29 is 9.53 Å². The second-order valence-corrected chi connectivity index (χ2v) is 5.60. The van der Waals surface area contributed by atoms with Crippen LogP contribution in [0.1, 0.15) is 12.0 Å². The molecule has 0 spiro atoms. The summed E-state index contributed by atoms with van der Waals surface area (Å²) in [6, 6.07) is 17.0. The molecule has 6 heteroatoms. The Morgan fingerprint density at radius 1 is 1.00 bits per heavy atom. The number of benzene rings is 1. The molecule has 3 rings (SSSR count). The van der Waals surface area contributed by atoms with Gasteiger partial charge in [-0.1, -0.05) is 18.2 Å². The van der Waals surface area contributed by atoms with E-state index in [0.29, 0.717) is 19.0 Å². The highest BCUT2D eigenvalue weighted by Crippen LogP contribution is 2.12. The summed E-state index contributed by atoms with van der Waals surface area (Å²) in [6.45, 7) is 1.01. The summed E-state index contributed by atoms with van der Waals surface area (Å²) in [5, 5.41) is 6.03. The molecule has 26 heavy (non-hydrogen) atoms. The molecule has 0 radical (unpaired) electrons. The molecular weight excluding hydrogens is 328 g/mol. The zero-order valence-electron chi connectivity index (χ0n) is 14.3. The summed E-state index contributed by atoms with van der Waals surface area (Å²) in [7, 11) is 0. The molecule has 0 fully saturated rings. The van der Waals surface area contributed by atoms with Crippen LogP contribution in [0.3, 0.4) is 0 Å². The molecule has 0 aliphatic heterocycles. The van der Waals surface area contributed by atoms with E-state index in [1.807, 2.05) is 48.5 Å². The van der Waals surface area contributed by atoms with Crippen LogP contribution in [-0.2, 0) is 11.3 Å². The lowest BCUT2D eigenvalue weighted by Gasteiger charge is -2.08. The molecule has 0 saturated heterocycles. The lowest BCUT2D eigenvalue weighted by atomic mass is 10.2. The van der Waals surface area contributed by atoms with Crippen molar-refractivity contribution in [2.75, 3.05) is 17.2 Å². The first kappa shape index (κ1) is 17.4. The molecule has 2 N–H and O–H groups in total. The maximum Gasteiger partial charge on any atom is 0.228 e. The van der Waals surface area contributed by atoms with E-state index < -0.39 is 0 Å². The Bertz CT molecular complexity index is 808. The molecule has 1 aromatic carbocycles. The minimum absolute atomic E-state index is 0.133. The summed E-state index contributed by atoms with van der Waals surface area (Å²) < 4.78 is 5.51. The number of anilines is 2. The smallest absolute Gasteiger partial charge is 0.228 e. The first-order valence-electron chi connectivity index (χ1n) is 8.36. The van der Waals surface area contributed by atoms with E-state index in [1.165, 1.54) is 0 Å². The Labute approximate surface area is 152 Å². The van der Waals surface area contributed by atoms with E-state index in [-0.39, 0.29) is 12.3 Å². The van der Waals surface area contributed by atoms with Gasteiger partial charge in [0.1, 0.15) is 11.6 Å². The number of carbonyl (C=O) groups excluding carboxylic acids is 1. The Balaban J connectivity index is 1.41. The van der Waals surface area contributed by atoms with Gasteiger partial charge in [-0.3, -0.25) is 9.78 Å². The molecule has 1 amide bonds. The van der Waals surface area contributed by atoms with Crippen LogP contribution >= 0.6 is 0 Å². The van der Waals surface area contributed by atoms with Crippen LogP contribution in [0, 0.1) is 0 Å². The molecule has 0 aliphatic carbocycles. The van der Waals surface area contributed by atoms with Crippen molar-refractivity contribution in [3.05, 3.63) is 78.8 Å². The van der Waals surface area contributed by atoms with Crippen LogP contribution in [-0.4, -0.2) is 22.5 Å². The topological polar surface area (TPSA) is 76.1 Å². The van der Waals surface area contributed by atoms with Crippen molar-refractivity contribution in [3.63, 3.8) is 0 Å². The minimum atomic E-state index is -0.133. The normalized spacial score (nSPS) is 10.2. The molecule has 3 aromatic rings. The third kappa shape index (κ3) is 5.59. The van der Waals surface area contributed by atoms with Crippen LogP contribution in [0.25, 0.3) is 0 Å². The second-order valence-electron chi connectivity index (χ2n) is 5.60. The highest BCUT2D eigenvalue weighted by atomic mass is 16.5. The van der Waals surface area contributed by atoms with E-state index in [9.17, 15) is 4.79 Å². The monoisotopic (exact) mass is 348 g/mol. The highest BCUT2D eigenvalue weighted by molar-refractivity contribution is 5.89. The number of pyridine rings is 2. The van der Waals surface area contributed by atoms with Crippen LogP contribution in [0.15, 0.2) is 73.2 Å². The standard InChI is InChI=1S/C20H20N4O2/c25-20(10-13-26-18-4-2-1-3-5-18)24-19-7-6-17(15-23-19)22-14-16-8-11-21-12-9-16/h1-9,11-12,15,22H,10,13-14H2,(H,23,24,25). The quantitative estimate of drug-likeness (QED) is 0.652. The first-order valence-corrected chi connectivity index (χ1v) is 8.36. The molecule has 0 bridgehead atoms. The van der Waals surface area contributed by atoms with E-state index in [0.717, 1.165) is 17.0 Å². The molecule has 132 valence electrons. The SMILES string of the molecule is O=C(CCOc1ccccc1)Nc1ccc(NCc2ccncc2)cn1. The van der Waals surface area contributed by atoms with Crippen LogP contribution in [0.2, 0.25) is 0 Å². The van der Waals surface area contributed by atoms with Gasteiger partial charge in [0.15, 0.2) is 0 Å². The fraction of sp³-hybridized carbons (Fsp3) is 0.150. The third-order valence-electron chi connectivity index (χ3n) is 3.62. The molecule has 0 saturated carbocycles. The van der Waals surface area contributed by atoms with E-state index in [2.05, 4.69) is 20.6 Å². The van der Waals surface area contributed by atoms with Crippen LogP contribution in [0.4, 0.5) is 11.5 Å². The Morgan fingerprint density at radius 2 is 1.81 bits per heavy atom. The van der Waals surface area contributed by atoms with Gasteiger partial charge < -0.3 is 15.4 Å². The summed E-state index contributed by atoms with van der Waals surface area (Å²) in [4.78, 5) is 20.2. The number of amides is 1. The number of rotatable bonds is 8. The van der Waals surface area contributed by atoms with Gasteiger partial charge in [-0.25, -0.2) is 4.98 Å². The third-order valence-corrected chi connectivity index (χ3v) is 3.62. The van der Waals surface area contributed by atoms with Gasteiger partial charge in [0, 0.05) is 18.9 Å². The Kier molecular flexibility index (Phi) is 6.14. The number of hydrogen-bond acceptors (Lipinski definition) is 5.